The Morgan fingerprint density at radius 1 is 1.12 bits per heavy atom. The van der Waals surface area contributed by atoms with E-state index in [1.54, 1.807) is 12.1 Å². The number of benzene rings is 1. The zero-order valence-electron chi connectivity index (χ0n) is 9.77. The fraction of sp³-hybridized carbons (Fsp3) is 0.333. The predicted molar refractivity (Wildman–Crippen MR) is 65.1 cm³/mol. The molecule has 0 radical (unpaired) electrons. The Balaban J connectivity index is 2.17. The Kier molecular flexibility index (Phi) is 2.25. The summed E-state index contributed by atoms with van der Waals surface area (Å²) in [6, 6.07) is 7.21. The summed E-state index contributed by atoms with van der Waals surface area (Å²) >= 11 is 0. The molecule has 2 atom stereocenters. The highest BCUT2D eigenvalue weighted by Gasteiger charge is 2.35. The standard InChI is InChI=1S/C15H14O2/c1-9-6-10-7-13(9)15(17)12-5-3-2-4-11(12)14(16)8-10/h2-6,10,13H,7-8H2,1H3. The molecule has 0 saturated heterocycles. The van der Waals surface area contributed by atoms with Crippen molar-refractivity contribution in [3.63, 3.8) is 0 Å². The van der Waals surface area contributed by atoms with Crippen LogP contribution in [0.2, 0.25) is 0 Å². The van der Waals surface area contributed by atoms with Gasteiger partial charge < -0.3 is 0 Å². The largest absolute Gasteiger partial charge is 0.294 e. The minimum absolute atomic E-state index is 0.00532. The normalized spacial score (nSPS) is 27.2. The second-order valence-corrected chi connectivity index (χ2v) is 5.00. The Hall–Kier alpha value is -1.70. The molecule has 3 rings (SSSR count). The lowest BCUT2D eigenvalue weighted by Crippen LogP contribution is -2.21. The Bertz CT molecular complexity index is 540. The summed E-state index contributed by atoms with van der Waals surface area (Å²) in [5, 5.41) is 0. The number of Topliss-reactive ketones (excluding diaryl/α,β-unsaturated/α-hetero) is 2. The molecular weight excluding hydrogens is 212 g/mol. The number of hydrogen-bond acceptors (Lipinski definition) is 2. The van der Waals surface area contributed by atoms with E-state index in [0.717, 1.165) is 12.0 Å². The van der Waals surface area contributed by atoms with Gasteiger partial charge in [-0.05, 0) is 19.3 Å². The summed E-state index contributed by atoms with van der Waals surface area (Å²) in [5.74, 6) is 0.465. The van der Waals surface area contributed by atoms with Crippen LogP contribution in [0.3, 0.4) is 0 Å². The molecule has 0 fully saturated rings. The molecule has 1 aromatic rings. The zero-order chi connectivity index (χ0) is 12.0. The summed E-state index contributed by atoms with van der Waals surface area (Å²) in [6.07, 6.45) is 3.45. The Morgan fingerprint density at radius 2 is 1.82 bits per heavy atom. The van der Waals surface area contributed by atoms with Crippen molar-refractivity contribution in [1.82, 2.24) is 0 Å². The molecule has 0 saturated carbocycles. The second kappa shape index (κ2) is 3.66. The molecule has 0 amide bonds. The van der Waals surface area contributed by atoms with Crippen LogP contribution in [0.1, 0.15) is 40.5 Å². The first-order valence-electron chi connectivity index (χ1n) is 6.01. The molecule has 0 aliphatic heterocycles. The van der Waals surface area contributed by atoms with Gasteiger partial charge in [0.05, 0.1) is 0 Å². The van der Waals surface area contributed by atoms with Gasteiger partial charge in [0.1, 0.15) is 0 Å². The maximum Gasteiger partial charge on any atom is 0.170 e. The van der Waals surface area contributed by atoms with Crippen molar-refractivity contribution in [2.24, 2.45) is 11.8 Å². The van der Waals surface area contributed by atoms with Gasteiger partial charge in [-0.1, -0.05) is 35.9 Å². The molecule has 0 spiro atoms. The minimum Gasteiger partial charge on any atom is -0.294 e. The maximum atomic E-state index is 12.4. The van der Waals surface area contributed by atoms with E-state index >= 15 is 0 Å². The molecule has 0 aromatic heterocycles. The first kappa shape index (κ1) is 10.5. The molecule has 0 N–H and O–H groups in total. The van der Waals surface area contributed by atoms with Crippen LogP contribution in [0.25, 0.3) is 0 Å². The van der Waals surface area contributed by atoms with Crippen molar-refractivity contribution in [3.05, 3.63) is 47.0 Å². The van der Waals surface area contributed by atoms with Crippen molar-refractivity contribution in [2.45, 2.75) is 19.8 Å². The van der Waals surface area contributed by atoms with E-state index in [0.29, 0.717) is 17.5 Å². The third-order valence-electron chi connectivity index (χ3n) is 3.84. The summed E-state index contributed by atoms with van der Waals surface area (Å²) in [6.45, 7) is 2.00. The van der Waals surface area contributed by atoms with Crippen molar-refractivity contribution < 1.29 is 9.59 Å². The van der Waals surface area contributed by atoms with Crippen LogP contribution >= 0.6 is 0 Å². The van der Waals surface area contributed by atoms with E-state index < -0.39 is 0 Å². The molecular formula is C15H14O2. The highest BCUT2D eigenvalue weighted by molar-refractivity contribution is 6.11. The molecule has 2 bridgehead atoms. The molecule has 0 heterocycles. The molecule has 2 aliphatic rings. The van der Waals surface area contributed by atoms with Crippen molar-refractivity contribution in [1.29, 1.82) is 0 Å². The second-order valence-electron chi connectivity index (χ2n) is 5.00. The van der Waals surface area contributed by atoms with Crippen molar-refractivity contribution >= 4 is 11.6 Å². The van der Waals surface area contributed by atoms with Crippen LogP contribution in [0.15, 0.2) is 35.9 Å². The van der Waals surface area contributed by atoms with Crippen molar-refractivity contribution in [2.75, 3.05) is 0 Å². The Labute approximate surface area is 100 Å². The lowest BCUT2D eigenvalue weighted by atomic mass is 9.83. The topological polar surface area (TPSA) is 34.1 Å². The predicted octanol–water partition coefficient (Wildman–Crippen LogP) is 3.04. The molecule has 1 aromatic carbocycles. The van der Waals surface area contributed by atoms with Gasteiger partial charge in [0.2, 0.25) is 0 Å². The first-order chi connectivity index (χ1) is 8.16. The van der Waals surface area contributed by atoms with E-state index in [4.69, 9.17) is 0 Å². The molecule has 2 aliphatic carbocycles. The van der Waals surface area contributed by atoms with E-state index in [1.807, 2.05) is 19.1 Å². The highest BCUT2D eigenvalue weighted by Crippen LogP contribution is 2.37. The molecule has 17 heavy (non-hydrogen) atoms. The van der Waals surface area contributed by atoms with E-state index in [9.17, 15) is 9.59 Å². The maximum absolute atomic E-state index is 12.4. The number of hydrogen-bond donors (Lipinski definition) is 0. The van der Waals surface area contributed by atoms with Crippen molar-refractivity contribution in [3.8, 4) is 0 Å². The van der Waals surface area contributed by atoms with Gasteiger partial charge in [-0.25, -0.2) is 0 Å². The minimum atomic E-state index is -0.00532. The average Bonchev–Trinajstić information content (AvgIpc) is 2.69. The first-order valence-corrected chi connectivity index (χ1v) is 6.01. The average molecular weight is 226 g/mol. The van der Waals surface area contributed by atoms with Gasteiger partial charge in [-0.15, -0.1) is 0 Å². The van der Waals surface area contributed by atoms with Crippen LogP contribution in [-0.2, 0) is 0 Å². The van der Waals surface area contributed by atoms with Crippen LogP contribution in [0.5, 0.6) is 0 Å². The van der Waals surface area contributed by atoms with Gasteiger partial charge >= 0.3 is 0 Å². The number of fused-ring (bicyclic) bond motifs is 3. The van der Waals surface area contributed by atoms with Crippen LogP contribution < -0.4 is 0 Å². The zero-order valence-corrected chi connectivity index (χ0v) is 9.77. The van der Waals surface area contributed by atoms with Gasteiger partial charge in [0.25, 0.3) is 0 Å². The van der Waals surface area contributed by atoms with E-state index in [1.165, 1.54) is 0 Å². The van der Waals surface area contributed by atoms with E-state index in [2.05, 4.69) is 6.08 Å². The summed E-state index contributed by atoms with van der Waals surface area (Å²) < 4.78 is 0. The monoisotopic (exact) mass is 226 g/mol. The van der Waals surface area contributed by atoms with Crippen LogP contribution in [0.4, 0.5) is 0 Å². The number of rotatable bonds is 0. The summed E-state index contributed by atoms with van der Waals surface area (Å²) in [4.78, 5) is 24.5. The smallest absolute Gasteiger partial charge is 0.170 e. The van der Waals surface area contributed by atoms with Crippen LogP contribution in [-0.4, -0.2) is 11.6 Å². The number of carbonyl (C=O) groups is 2. The van der Waals surface area contributed by atoms with Gasteiger partial charge in [0, 0.05) is 23.5 Å². The third kappa shape index (κ3) is 1.55. The van der Waals surface area contributed by atoms with Gasteiger partial charge in [-0.3, -0.25) is 9.59 Å². The SMILES string of the molecule is CC1=CC2CC(=O)c3ccccc3C(=O)C1C2. The molecule has 2 heteroatoms. The lowest BCUT2D eigenvalue weighted by Gasteiger charge is -2.18. The molecule has 2 nitrogen and oxygen atoms in total. The molecule has 86 valence electrons. The number of ketones is 2. The van der Waals surface area contributed by atoms with Crippen LogP contribution in [0, 0.1) is 11.8 Å². The van der Waals surface area contributed by atoms with E-state index in [-0.39, 0.29) is 23.4 Å². The third-order valence-corrected chi connectivity index (χ3v) is 3.84. The van der Waals surface area contributed by atoms with Gasteiger partial charge in [0.15, 0.2) is 11.6 Å². The number of carbonyl (C=O) groups excluding carboxylic acids is 2. The lowest BCUT2D eigenvalue weighted by molar-refractivity contribution is 0.0891. The number of allylic oxidation sites excluding steroid dienone is 2. The van der Waals surface area contributed by atoms with Gasteiger partial charge in [-0.2, -0.15) is 0 Å². The molecule has 2 unspecified atom stereocenters. The highest BCUT2D eigenvalue weighted by atomic mass is 16.1. The Morgan fingerprint density at radius 3 is 2.59 bits per heavy atom. The summed E-state index contributed by atoms with van der Waals surface area (Å²) in [7, 11) is 0. The fourth-order valence-corrected chi connectivity index (χ4v) is 2.98. The summed E-state index contributed by atoms with van der Waals surface area (Å²) in [5.41, 5.74) is 2.34. The quantitative estimate of drug-likeness (QED) is 0.637. The fourth-order valence-electron chi connectivity index (χ4n) is 2.98.